The molecule has 4 aliphatic carbocycles. The lowest BCUT2D eigenvalue weighted by molar-refractivity contribution is -0.233. The Morgan fingerprint density at radius 3 is 2.26 bits per heavy atom. The molecule has 2 aromatic rings. The molecule has 4 fully saturated rings. The first-order chi connectivity index (χ1) is 15.1. The first-order valence-corrected chi connectivity index (χ1v) is 11.8. The highest BCUT2D eigenvalue weighted by Crippen LogP contribution is 2.88. The van der Waals surface area contributed by atoms with Gasteiger partial charge in [-0.25, -0.2) is 0 Å². The van der Waals surface area contributed by atoms with E-state index in [4.69, 9.17) is 9.47 Å². The predicted octanol–water partition coefficient (Wildman–Crippen LogP) is 5.92. The molecule has 4 saturated carbocycles. The second kappa shape index (κ2) is 6.72. The Balaban J connectivity index is 1.38. The number of hydrogen-bond acceptors (Lipinski definition) is 3. The lowest BCUT2D eigenvalue weighted by atomic mass is 9.26. The molecule has 0 N–H and O–H groups in total. The van der Waals surface area contributed by atoms with Gasteiger partial charge in [-0.15, -0.1) is 6.58 Å². The first-order valence-electron chi connectivity index (χ1n) is 11.8. The van der Waals surface area contributed by atoms with E-state index in [2.05, 4.69) is 43.0 Å². The number of benzene rings is 2. The summed E-state index contributed by atoms with van der Waals surface area (Å²) < 4.78 is 11.2. The van der Waals surface area contributed by atoms with Gasteiger partial charge in [0.2, 0.25) is 0 Å². The maximum atomic E-state index is 11.9. The van der Waals surface area contributed by atoms with Crippen molar-refractivity contribution in [3.8, 4) is 11.5 Å². The Labute approximate surface area is 184 Å². The van der Waals surface area contributed by atoms with Gasteiger partial charge in [-0.05, 0) is 97.1 Å². The molecule has 0 saturated heterocycles. The molecule has 6 unspecified atom stereocenters. The van der Waals surface area contributed by atoms with Crippen LogP contribution in [0.1, 0.15) is 50.2 Å². The van der Waals surface area contributed by atoms with E-state index in [1.165, 1.54) is 36.8 Å². The molecule has 1 spiro atoms. The molecule has 0 heterocycles. The van der Waals surface area contributed by atoms with Gasteiger partial charge in [0.1, 0.15) is 11.5 Å². The number of carbonyl (C=O) groups is 1. The topological polar surface area (TPSA) is 35.5 Å². The van der Waals surface area contributed by atoms with Crippen molar-refractivity contribution in [2.24, 2.45) is 29.1 Å². The average molecular weight is 415 g/mol. The summed E-state index contributed by atoms with van der Waals surface area (Å²) >= 11 is 0. The Morgan fingerprint density at radius 1 is 1.00 bits per heavy atom. The zero-order valence-corrected chi connectivity index (χ0v) is 18.2. The molecule has 2 bridgehead atoms. The maximum Gasteiger partial charge on any atom is 0.315 e. The molecule has 6 atom stereocenters. The highest BCUT2D eigenvalue weighted by atomic mass is 16.5. The summed E-state index contributed by atoms with van der Waals surface area (Å²) in [5.74, 6) is 4.64. The van der Waals surface area contributed by atoms with Gasteiger partial charge < -0.3 is 9.47 Å². The van der Waals surface area contributed by atoms with Gasteiger partial charge in [0.25, 0.3) is 0 Å². The van der Waals surface area contributed by atoms with Crippen LogP contribution in [0.15, 0.2) is 61.2 Å². The Kier molecular flexibility index (Phi) is 4.15. The molecule has 0 amide bonds. The molecular weight excluding hydrogens is 384 g/mol. The Morgan fingerprint density at radius 2 is 1.65 bits per heavy atom. The van der Waals surface area contributed by atoms with E-state index in [-0.39, 0.29) is 17.8 Å². The molecule has 6 rings (SSSR count). The van der Waals surface area contributed by atoms with Gasteiger partial charge in [0.05, 0.1) is 13.0 Å². The van der Waals surface area contributed by atoms with Gasteiger partial charge in [0.15, 0.2) is 0 Å². The molecule has 0 aliphatic heterocycles. The largest absolute Gasteiger partial charge is 0.494 e. The summed E-state index contributed by atoms with van der Waals surface area (Å²) in [6.45, 7) is 6.33. The van der Waals surface area contributed by atoms with Crippen molar-refractivity contribution < 1.29 is 14.3 Å². The SMILES string of the molecule is C=CCC(=O)Oc1ccc(C2(c3ccc(OCC)cc3)C3CC4CC5CC2C53C4)cc1. The van der Waals surface area contributed by atoms with Gasteiger partial charge >= 0.3 is 5.97 Å². The first kappa shape index (κ1) is 19.2. The zero-order valence-electron chi connectivity index (χ0n) is 18.2. The van der Waals surface area contributed by atoms with Gasteiger partial charge in [-0.3, -0.25) is 4.79 Å². The quantitative estimate of drug-likeness (QED) is 0.321. The fourth-order valence-corrected chi connectivity index (χ4v) is 8.28. The molecule has 3 heteroatoms. The van der Waals surface area contributed by atoms with E-state index in [1.807, 2.05) is 19.1 Å². The van der Waals surface area contributed by atoms with Gasteiger partial charge in [-0.1, -0.05) is 30.3 Å². The van der Waals surface area contributed by atoms with Crippen LogP contribution in [0.5, 0.6) is 11.5 Å². The van der Waals surface area contributed by atoms with Crippen molar-refractivity contribution in [1.82, 2.24) is 0 Å². The van der Waals surface area contributed by atoms with Crippen molar-refractivity contribution in [3.63, 3.8) is 0 Å². The highest BCUT2D eigenvalue weighted by molar-refractivity contribution is 5.73. The smallest absolute Gasteiger partial charge is 0.315 e. The minimum absolute atomic E-state index is 0.0834. The van der Waals surface area contributed by atoms with Crippen LogP contribution < -0.4 is 9.47 Å². The maximum absolute atomic E-state index is 11.9. The van der Waals surface area contributed by atoms with Crippen molar-refractivity contribution in [3.05, 3.63) is 72.3 Å². The van der Waals surface area contributed by atoms with Crippen molar-refractivity contribution in [2.45, 2.75) is 44.4 Å². The summed E-state index contributed by atoms with van der Waals surface area (Å²) in [7, 11) is 0. The van der Waals surface area contributed by atoms with E-state index < -0.39 is 0 Å². The number of hydrogen-bond donors (Lipinski definition) is 0. The van der Waals surface area contributed by atoms with Crippen LogP contribution in [0.3, 0.4) is 0 Å². The summed E-state index contributed by atoms with van der Waals surface area (Å²) in [5.41, 5.74) is 3.49. The average Bonchev–Trinajstić information content (AvgIpc) is 3.29. The van der Waals surface area contributed by atoms with E-state index >= 15 is 0 Å². The van der Waals surface area contributed by atoms with E-state index in [0.29, 0.717) is 17.8 Å². The normalized spacial score (nSPS) is 36.2. The van der Waals surface area contributed by atoms with E-state index in [0.717, 1.165) is 29.4 Å². The zero-order chi connectivity index (χ0) is 21.2. The van der Waals surface area contributed by atoms with Crippen LogP contribution in [-0.4, -0.2) is 12.6 Å². The third-order valence-corrected chi connectivity index (χ3v) is 9.02. The number of rotatable bonds is 7. The summed E-state index contributed by atoms with van der Waals surface area (Å²) in [6, 6.07) is 17.2. The molecule has 0 radical (unpaired) electrons. The molecule has 31 heavy (non-hydrogen) atoms. The second-order valence-electron chi connectivity index (χ2n) is 10.0. The van der Waals surface area contributed by atoms with E-state index in [1.54, 1.807) is 6.08 Å². The van der Waals surface area contributed by atoms with Crippen molar-refractivity contribution in [2.75, 3.05) is 6.61 Å². The van der Waals surface area contributed by atoms with Crippen LogP contribution in [0.2, 0.25) is 0 Å². The molecular formula is C28H30O3. The van der Waals surface area contributed by atoms with Crippen LogP contribution in [-0.2, 0) is 10.2 Å². The second-order valence-corrected chi connectivity index (χ2v) is 10.0. The fourth-order valence-electron chi connectivity index (χ4n) is 8.28. The summed E-state index contributed by atoms with van der Waals surface area (Å²) in [4.78, 5) is 11.9. The summed E-state index contributed by atoms with van der Waals surface area (Å²) in [6.07, 6.45) is 7.43. The van der Waals surface area contributed by atoms with Crippen LogP contribution in [0, 0.1) is 29.1 Å². The standard InChI is InChI=1S/C28H30O3/c1-3-5-26(29)31-23-12-8-20(9-13-23)28(19-6-10-22(11-7-19)30-4-2)24-15-18-14-21-16-25(28)27(21,24)17-18/h3,6-13,18,21,24-25H,1,4-5,14-17H2,2H3. The molecule has 160 valence electrons. The minimum atomic E-state index is -0.262. The Bertz CT molecular complexity index is 1020. The monoisotopic (exact) mass is 414 g/mol. The van der Waals surface area contributed by atoms with Gasteiger partial charge in [0, 0.05) is 5.41 Å². The van der Waals surface area contributed by atoms with E-state index in [9.17, 15) is 4.79 Å². The number of carbonyl (C=O) groups excluding carboxylic acids is 1. The minimum Gasteiger partial charge on any atom is -0.494 e. The van der Waals surface area contributed by atoms with Crippen LogP contribution >= 0.6 is 0 Å². The van der Waals surface area contributed by atoms with Crippen molar-refractivity contribution in [1.29, 1.82) is 0 Å². The van der Waals surface area contributed by atoms with Crippen molar-refractivity contribution >= 4 is 5.97 Å². The number of esters is 1. The third-order valence-electron chi connectivity index (χ3n) is 9.02. The number of fused-ring (bicyclic) bond motifs is 1. The molecule has 2 aromatic carbocycles. The molecule has 4 aliphatic rings. The van der Waals surface area contributed by atoms with Crippen LogP contribution in [0.4, 0.5) is 0 Å². The fraction of sp³-hybridized carbons (Fsp3) is 0.464. The Hall–Kier alpha value is -2.55. The van der Waals surface area contributed by atoms with Gasteiger partial charge in [-0.2, -0.15) is 0 Å². The lowest BCUT2D eigenvalue weighted by Gasteiger charge is -2.77. The number of ether oxygens (including phenoxy) is 2. The highest BCUT2D eigenvalue weighted by Gasteiger charge is 2.83. The van der Waals surface area contributed by atoms with Crippen LogP contribution in [0.25, 0.3) is 0 Å². The summed E-state index contributed by atoms with van der Waals surface area (Å²) in [5, 5.41) is 0. The predicted molar refractivity (Wildman–Crippen MR) is 120 cm³/mol. The molecule has 0 aromatic heterocycles. The lowest BCUT2D eigenvalue weighted by Crippen LogP contribution is -2.74. The third kappa shape index (κ3) is 2.38. The molecule has 3 nitrogen and oxygen atoms in total.